The van der Waals surface area contributed by atoms with Crippen LogP contribution in [0.15, 0.2) is 30.3 Å². The highest BCUT2D eigenvalue weighted by molar-refractivity contribution is 7.19. The number of thiophene rings is 1. The number of hydrogen-bond donors (Lipinski definition) is 2. The van der Waals surface area contributed by atoms with Crippen LogP contribution < -0.4 is 9.80 Å². The number of nitrogens with zero attached hydrogens (tertiary/aromatic N) is 6. The molecule has 1 atom stereocenters. The van der Waals surface area contributed by atoms with E-state index in [4.69, 9.17) is 4.98 Å². The van der Waals surface area contributed by atoms with Gasteiger partial charge >= 0.3 is 0 Å². The number of quaternary nitrogens is 1. The number of rotatable bonds is 5. The summed E-state index contributed by atoms with van der Waals surface area (Å²) in [5, 5.41) is 23.0. The molecule has 0 saturated heterocycles. The fraction of sp³-hybridized carbons (Fsp3) is 0.368. The summed E-state index contributed by atoms with van der Waals surface area (Å²) in [5.41, 5.74) is 2.54. The lowest BCUT2D eigenvalue weighted by Gasteiger charge is -2.25. The quantitative estimate of drug-likeness (QED) is 0.505. The molecule has 1 aromatic carbocycles. The number of likely N-dealkylation sites (N-methyl/N-ethyl adjacent to an activating group) is 1. The number of aliphatic hydroxyl groups is 1. The maximum atomic E-state index is 9.73. The normalized spacial score (nSPS) is 16.6. The van der Waals surface area contributed by atoms with Gasteiger partial charge < -0.3 is 14.9 Å². The third kappa shape index (κ3) is 2.92. The van der Waals surface area contributed by atoms with Gasteiger partial charge in [-0.15, -0.1) is 11.3 Å². The second-order valence-electron chi connectivity index (χ2n) is 7.27. The lowest BCUT2D eigenvalue weighted by atomic mass is 10.0. The Bertz CT molecular complexity index is 1120. The summed E-state index contributed by atoms with van der Waals surface area (Å²) < 4.78 is 1.75. The predicted octanol–water partition coefficient (Wildman–Crippen LogP) is 0.304. The fourth-order valence-electron chi connectivity index (χ4n) is 3.93. The average Bonchev–Trinajstić information content (AvgIpc) is 3.31. The summed E-state index contributed by atoms with van der Waals surface area (Å²) in [6, 6.07) is 10.3. The molecule has 0 aliphatic carbocycles. The van der Waals surface area contributed by atoms with Gasteiger partial charge in [0.1, 0.15) is 17.2 Å². The molecule has 9 heteroatoms. The minimum Gasteiger partial charge on any atom is -0.395 e. The van der Waals surface area contributed by atoms with Crippen LogP contribution >= 0.6 is 11.3 Å². The van der Waals surface area contributed by atoms with Gasteiger partial charge in [0, 0.05) is 19.5 Å². The summed E-state index contributed by atoms with van der Waals surface area (Å²) in [7, 11) is 2.23. The smallest absolute Gasteiger partial charge is 0.276 e. The lowest BCUT2D eigenvalue weighted by Crippen LogP contribution is -3.08. The zero-order valence-corrected chi connectivity index (χ0v) is 16.5. The third-order valence-electron chi connectivity index (χ3n) is 5.30. The molecule has 0 amide bonds. The molecule has 8 nitrogen and oxygen atoms in total. The fourth-order valence-corrected chi connectivity index (χ4v) is 5.33. The van der Waals surface area contributed by atoms with Crippen LogP contribution in [0.3, 0.4) is 0 Å². The van der Waals surface area contributed by atoms with Gasteiger partial charge in [0.25, 0.3) is 5.78 Å². The van der Waals surface area contributed by atoms with Crippen LogP contribution in [0, 0.1) is 0 Å². The van der Waals surface area contributed by atoms with E-state index in [9.17, 15) is 5.11 Å². The molecule has 28 heavy (non-hydrogen) atoms. The van der Waals surface area contributed by atoms with Crippen molar-refractivity contribution in [1.82, 2.24) is 25.0 Å². The van der Waals surface area contributed by atoms with Gasteiger partial charge in [0.2, 0.25) is 0 Å². The molecular weight excluding hydrogens is 374 g/mol. The van der Waals surface area contributed by atoms with Gasteiger partial charge in [0.15, 0.2) is 0 Å². The molecule has 4 aromatic rings. The SMILES string of the molecule is C[NH+]1CCc2c(sc3c2c(N(CCO)Cc2ccccc2)nc2nnnn23)C1. The number of hydrogen-bond acceptors (Lipinski definition) is 7. The topological polar surface area (TPSA) is 83.9 Å². The van der Waals surface area contributed by atoms with Crippen LogP contribution in [0.1, 0.15) is 16.0 Å². The average molecular weight is 397 g/mol. The van der Waals surface area contributed by atoms with Crippen molar-refractivity contribution in [2.75, 3.05) is 31.6 Å². The Balaban J connectivity index is 1.71. The first-order chi connectivity index (χ1) is 13.7. The van der Waals surface area contributed by atoms with Crippen molar-refractivity contribution in [2.45, 2.75) is 19.5 Å². The van der Waals surface area contributed by atoms with E-state index in [0.29, 0.717) is 18.9 Å². The summed E-state index contributed by atoms with van der Waals surface area (Å²) in [6.07, 6.45) is 1.02. The van der Waals surface area contributed by atoms with E-state index < -0.39 is 0 Å². The van der Waals surface area contributed by atoms with Gasteiger partial charge in [-0.3, -0.25) is 0 Å². The Morgan fingerprint density at radius 2 is 2.14 bits per heavy atom. The summed E-state index contributed by atoms with van der Waals surface area (Å²) in [6.45, 7) is 3.36. The molecular formula is C19H22N7OS+. The van der Waals surface area contributed by atoms with Gasteiger partial charge in [-0.1, -0.05) is 35.4 Å². The van der Waals surface area contributed by atoms with Gasteiger partial charge in [-0.2, -0.15) is 9.50 Å². The van der Waals surface area contributed by atoms with Crippen molar-refractivity contribution in [3.05, 3.63) is 46.3 Å². The van der Waals surface area contributed by atoms with E-state index >= 15 is 0 Å². The molecule has 0 fully saturated rings. The molecule has 0 radical (unpaired) electrons. The Morgan fingerprint density at radius 1 is 1.29 bits per heavy atom. The maximum absolute atomic E-state index is 9.73. The molecule has 2 N–H and O–H groups in total. The molecule has 1 aliphatic heterocycles. The Labute approximate surface area is 166 Å². The number of anilines is 1. The van der Waals surface area contributed by atoms with Crippen LogP contribution in [0.2, 0.25) is 0 Å². The Kier molecular flexibility index (Phi) is 4.42. The number of aromatic nitrogens is 5. The minimum absolute atomic E-state index is 0.0609. The Morgan fingerprint density at radius 3 is 2.96 bits per heavy atom. The largest absolute Gasteiger partial charge is 0.395 e. The first-order valence-electron chi connectivity index (χ1n) is 9.48. The number of tetrazole rings is 1. The van der Waals surface area contributed by atoms with E-state index in [1.54, 1.807) is 15.9 Å². The minimum atomic E-state index is 0.0609. The van der Waals surface area contributed by atoms with Crippen molar-refractivity contribution in [2.24, 2.45) is 0 Å². The molecule has 4 heterocycles. The van der Waals surface area contributed by atoms with E-state index in [-0.39, 0.29) is 6.61 Å². The first-order valence-corrected chi connectivity index (χ1v) is 10.3. The summed E-state index contributed by atoms with van der Waals surface area (Å²) in [5.74, 6) is 1.37. The van der Waals surface area contributed by atoms with Gasteiger partial charge in [-0.05, 0) is 21.6 Å². The van der Waals surface area contributed by atoms with Crippen LogP contribution in [-0.2, 0) is 19.5 Å². The van der Waals surface area contributed by atoms with Crippen LogP contribution in [0.25, 0.3) is 16.0 Å². The number of benzene rings is 1. The lowest BCUT2D eigenvalue weighted by molar-refractivity contribution is -0.895. The van der Waals surface area contributed by atoms with Gasteiger partial charge in [0.05, 0.1) is 30.5 Å². The Hall–Kier alpha value is -2.62. The van der Waals surface area contributed by atoms with Crippen LogP contribution in [0.4, 0.5) is 5.82 Å². The van der Waals surface area contributed by atoms with Crippen molar-refractivity contribution in [3.8, 4) is 0 Å². The zero-order valence-electron chi connectivity index (χ0n) is 15.7. The third-order valence-corrected chi connectivity index (χ3v) is 6.50. The van der Waals surface area contributed by atoms with Crippen molar-refractivity contribution in [3.63, 3.8) is 0 Å². The highest BCUT2D eigenvalue weighted by Crippen LogP contribution is 2.38. The molecule has 144 valence electrons. The molecule has 3 aromatic heterocycles. The molecule has 0 spiro atoms. The summed E-state index contributed by atoms with van der Waals surface area (Å²) in [4.78, 5) is 10.9. The molecule has 5 rings (SSSR count). The van der Waals surface area contributed by atoms with E-state index in [0.717, 1.165) is 35.5 Å². The maximum Gasteiger partial charge on any atom is 0.276 e. The second kappa shape index (κ2) is 7.08. The zero-order chi connectivity index (χ0) is 19.1. The number of nitrogens with one attached hydrogen (secondary N) is 1. The second-order valence-corrected chi connectivity index (χ2v) is 8.36. The molecule has 1 aliphatic rings. The molecule has 0 bridgehead atoms. The number of aliphatic hydroxyl groups excluding tert-OH is 1. The van der Waals surface area contributed by atoms with Gasteiger partial charge in [-0.25, -0.2) is 0 Å². The highest BCUT2D eigenvalue weighted by Gasteiger charge is 2.28. The number of fused-ring (bicyclic) bond motifs is 5. The monoisotopic (exact) mass is 396 g/mol. The van der Waals surface area contributed by atoms with Crippen molar-refractivity contribution in [1.29, 1.82) is 0 Å². The van der Waals surface area contributed by atoms with Crippen LogP contribution in [0.5, 0.6) is 0 Å². The van der Waals surface area contributed by atoms with E-state index in [1.807, 2.05) is 18.2 Å². The van der Waals surface area contributed by atoms with Crippen molar-refractivity contribution < 1.29 is 10.0 Å². The van der Waals surface area contributed by atoms with E-state index in [2.05, 4.69) is 39.6 Å². The summed E-state index contributed by atoms with van der Waals surface area (Å²) >= 11 is 1.76. The van der Waals surface area contributed by atoms with Crippen LogP contribution in [-0.4, -0.2) is 56.9 Å². The highest BCUT2D eigenvalue weighted by atomic mass is 32.1. The van der Waals surface area contributed by atoms with E-state index in [1.165, 1.54) is 20.9 Å². The predicted molar refractivity (Wildman–Crippen MR) is 108 cm³/mol. The first kappa shape index (κ1) is 17.5. The van der Waals surface area contributed by atoms with Crippen molar-refractivity contribution >= 4 is 33.1 Å². The molecule has 0 saturated carbocycles. The standard InChI is InChI=1S/C19H21N7OS/c1-24-8-7-14-15(12-24)28-18-16(14)17(20-19-21-22-23-26(18)19)25(9-10-27)11-13-5-3-2-4-6-13/h2-6,27H,7-12H2,1H3/p+1. The molecule has 1 unspecified atom stereocenters.